The van der Waals surface area contributed by atoms with Gasteiger partial charge < -0.3 is 4.42 Å². The maximum absolute atomic E-state index is 6.59. The molecule has 0 amide bonds. The number of furan rings is 1. The van der Waals surface area contributed by atoms with Crippen molar-refractivity contribution in [3.05, 3.63) is 199 Å². The summed E-state index contributed by atoms with van der Waals surface area (Å²) in [6.07, 6.45) is 1.85. The number of aromatic nitrogens is 3. The third kappa shape index (κ3) is 5.42. The predicted molar refractivity (Wildman–Crippen MR) is 252 cm³/mol. The second kappa shape index (κ2) is 13.3. The largest absolute Gasteiger partial charge is 0.456 e. The topological polar surface area (TPSA) is 51.8 Å². The lowest BCUT2D eigenvalue weighted by molar-refractivity contribution is 0.622. The van der Waals surface area contributed by atoms with E-state index in [0.717, 1.165) is 90.7 Å². The molecule has 0 atom stereocenters. The molecule has 0 N–H and O–H groups in total. The van der Waals surface area contributed by atoms with E-state index in [-0.39, 0.29) is 0 Å². The van der Waals surface area contributed by atoms with Crippen molar-refractivity contribution in [1.82, 2.24) is 15.0 Å². The Morgan fingerprint density at radius 2 is 0.918 bits per heavy atom. The zero-order chi connectivity index (χ0) is 40.0. The highest BCUT2D eigenvalue weighted by atomic mass is 16.3. The average molecular weight is 778 g/mol. The molecule has 13 rings (SSSR count). The molecular weight excluding hydrogens is 743 g/mol. The summed E-state index contributed by atoms with van der Waals surface area (Å²) in [5.74, 6) is 0.994. The van der Waals surface area contributed by atoms with E-state index in [2.05, 4.69) is 182 Å². The highest BCUT2D eigenvalue weighted by Gasteiger charge is 2.28. The Balaban J connectivity index is 0.838. The minimum Gasteiger partial charge on any atom is -0.456 e. The minimum absolute atomic E-state index is 0.918. The van der Waals surface area contributed by atoms with Gasteiger partial charge in [0, 0.05) is 49.4 Å². The Bertz CT molecular complexity index is 3750. The number of hydrogen-bond acceptors (Lipinski definition) is 4. The lowest BCUT2D eigenvalue weighted by Gasteiger charge is -2.21. The van der Waals surface area contributed by atoms with Crippen molar-refractivity contribution in [1.29, 1.82) is 0 Å². The predicted octanol–water partition coefficient (Wildman–Crippen LogP) is 14.8. The molecule has 0 fully saturated rings. The zero-order valence-corrected chi connectivity index (χ0v) is 33.1. The average Bonchev–Trinajstić information content (AvgIpc) is 3.72. The zero-order valence-electron chi connectivity index (χ0n) is 33.1. The van der Waals surface area contributed by atoms with Gasteiger partial charge in [-0.15, -0.1) is 0 Å². The molecule has 0 bridgehead atoms. The summed E-state index contributed by atoms with van der Waals surface area (Å²) in [6, 6.07) is 67.0. The van der Waals surface area contributed by atoms with Crippen LogP contribution in [0.25, 0.3) is 121 Å². The van der Waals surface area contributed by atoms with Crippen LogP contribution in [0.3, 0.4) is 0 Å². The first-order valence-corrected chi connectivity index (χ1v) is 21.0. The van der Waals surface area contributed by atoms with Crippen LogP contribution in [0.2, 0.25) is 0 Å². The van der Waals surface area contributed by atoms with E-state index < -0.39 is 0 Å². The molecule has 0 radical (unpaired) electrons. The van der Waals surface area contributed by atoms with Crippen molar-refractivity contribution >= 4 is 65.2 Å². The Morgan fingerprint density at radius 3 is 1.67 bits per heavy atom. The van der Waals surface area contributed by atoms with Gasteiger partial charge in [0.2, 0.25) is 0 Å². The Labute approximate surface area is 351 Å². The molecular formula is C57H35N3O. The van der Waals surface area contributed by atoms with Crippen LogP contribution in [0, 0.1) is 0 Å². The summed E-state index contributed by atoms with van der Waals surface area (Å²) >= 11 is 0. The van der Waals surface area contributed by atoms with Gasteiger partial charge in [0.1, 0.15) is 11.3 Å². The highest BCUT2D eigenvalue weighted by molar-refractivity contribution is 6.10. The van der Waals surface area contributed by atoms with Crippen LogP contribution in [-0.4, -0.2) is 15.0 Å². The van der Waals surface area contributed by atoms with Gasteiger partial charge in [0.15, 0.2) is 0 Å². The van der Waals surface area contributed by atoms with Crippen LogP contribution >= 0.6 is 0 Å². The summed E-state index contributed by atoms with van der Waals surface area (Å²) in [4.78, 5) is 15.6. The molecule has 0 saturated heterocycles. The van der Waals surface area contributed by atoms with E-state index in [1.165, 1.54) is 54.7 Å². The van der Waals surface area contributed by atoms with Crippen molar-refractivity contribution < 1.29 is 4.42 Å². The van der Waals surface area contributed by atoms with Crippen LogP contribution in [0.4, 0.5) is 0 Å². The van der Waals surface area contributed by atoms with Gasteiger partial charge in [0.05, 0.1) is 33.6 Å². The van der Waals surface area contributed by atoms with E-state index in [1.807, 2.05) is 6.07 Å². The number of hydrogen-bond donors (Lipinski definition) is 0. The maximum Gasteiger partial charge on any atom is 0.139 e. The van der Waals surface area contributed by atoms with E-state index >= 15 is 0 Å². The second-order valence-electron chi connectivity index (χ2n) is 16.2. The number of aryl methyl sites for hydroxylation is 1. The Morgan fingerprint density at radius 1 is 0.361 bits per heavy atom. The molecule has 0 spiro atoms. The summed E-state index contributed by atoms with van der Waals surface area (Å²) in [5, 5.41) is 9.38. The molecule has 284 valence electrons. The van der Waals surface area contributed by atoms with Crippen LogP contribution in [-0.2, 0) is 12.8 Å². The normalized spacial score (nSPS) is 12.5. The quantitative estimate of drug-likeness (QED) is 0.167. The van der Waals surface area contributed by atoms with Crippen LogP contribution in [0.5, 0.6) is 0 Å². The third-order valence-corrected chi connectivity index (χ3v) is 12.8. The van der Waals surface area contributed by atoms with Gasteiger partial charge in [-0.3, -0.25) is 0 Å². The molecule has 12 aromatic rings. The maximum atomic E-state index is 6.59. The Hall–Kier alpha value is -7.95. The standard InChI is InChI=1S/C57H35N3O/c1-2-8-35(9-3-1)49-30-24-37-18-19-38-25-31-50(59-56(38)55(37)58-49)42-23-27-44-41(33-42)21-20-40-32-39(22-26-43(40)44)34-14-16-36(17-15-34)54-48-29-28-46-45-10-5-7-13-52(45)61-57(46)53(48)47-11-4-6-12-51(47)60-54/h1-27,30-33H,28-29H2. The van der Waals surface area contributed by atoms with Crippen molar-refractivity contribution in [3.8, 4) is 56.2 Å². The smallest absolute Gasteiger partial charge is 0.139 e. The first-order valence-electron chi connectivity index (χ1n) is 21.0. The summed E-state index contributed by atoms with van der Waals surface area (Å²) < 4.78 is 6.59. The number of nitrogens with zero attached hydrogens (tertiary/aromatic N) is 3. The fourth-order valence-electron chi connectivity index (χ4n) is 9.72. The summed E-state index contributed by atoms with van der Waals surface area (Å²) in [7, 11) is 0. The van der Waals surface area contributed by atoms with Gasteiger partial charge in [0.25, 0.3) is 0 Å². The van der Waals surface area contributed by atoms with Gasteiger partial charge in [-0.25, -0.2) is 15.0 Å². The van der Waals surface area contributed by atoms with Crippen molar-refractivity contribution in [3.63, 3.8) is 0 Å². The molecule has 4 aromatic heterocycles. The first-order chi connectivity index (χ1) is 30.2. The number of fused-ring (bicyclic) bond motifs is 13. The van der Waals surface area contributed by atoms with Crippen molar-refractivity contribution in [2.75, 3.05) is 0 Å². The van der Waals surface area contributed by atoms with Crippen molar-refractivity contribution in [2.24, 2.45) is 0 Å². The molecule has 4 nitrogen and oxygen atoms in total. The highest BCUT2D eigenvalue weighted by Crippen LogP contribution is 2.46. The van der Waals surface area contributed by atoms with Crippen LogP contribution in [0.1, 0.15) is 11.1 Å². The fourth-order valence-corrected chi connectivity index (χ4v) is 9.72. The Kier molecular flexibility index (Phi) is 7.40. The molecule has 0 saturated carbocycles. The van der Waals surface area contributed by atoms with Gasteiger partial charge >= 0.3 is 0 Å². The van der Waals surface area contributed by atoms with Crippen LogP contribution in [0.15, 0.2) is 192 Å². The first kappa shape index (κ1) is 34.0. The molecule has 8 aromatic carbocycles. The summed E-state index contributed by atoms with van der Waals surface area (Å²) in [6.45, 7) is 0. The molecule has 4 heterocycles. The number of pyridine rings is 3. The third-order valence-electron chi connectivity index (χ3n) is 12.8. The van der Waals surface area contributed by atoms with Crippen LogP contribution < -0.4 is 0 Å². The molecule has 1 aliphatic carbocycles. The lowest BCUT2D eigenvalue weighted by atomic mass is 9.84. The van der Waals surface area contributed by atoms with Gasteiger partial charge in [-0.05, 0) is 87.5 Å². The van der Waals surface area contributed by atoms with E-state index in [4.69, 9.17) is 19.4 Å². The van der Waals surface area contributed by atoms with Gasteiger partial charge in [-0.2, -0.15) is 0 Å². The number of rotatable bonds is 4. The molecule has 61 heavy (non-hydrogen) atoms. The molecule has 4 heteroatoms. The molecule has 0 aliphatic heterocycles. The van der Waals surface area contributed by atoms with E-state index in [1.54, 1.807) is 0 Å². The van der Waals surface area contributed by atoms with Crippen molar-refractivity contribution in [2.45, 2.75) is 12.8 Å². The molecule has 0 unspecified atom stereocenters. The minimum atomic E-state index is 0.918. The second-order valence-corrected chi connectivity index (χ2v) is 16.2. The monoisotopic (exact) mass is 777 g/mol. The number of para-hydroxylation sites is 2. The summed E-state index contributed by atoms with van der Waals surface area (Å²) in [5.41, 5.74) is 16.1. The fraction of sp³-hybridized carbons (Fsp3) is 0.0351. The lowest BCUT2D eigenvalue weighted by Crippen LogP contribution is -2.06. The van der Waals surface area contributed by atoms with E-state index in [0.29, 0.717) is 0 Å². The SMILES string of the molecule is c1ccc(-c2ccc3ccc4ccc(-c5ccc6c(ccc7cc(-c8ccc(-c9nc%10ccccc%10c%10c9CCc9c-%10oc%10ccccc9%10)cc8)ccc76)c5)nc4c3n2)cc1. The molecule has 1 aliphatic rings. The van der Waals surface area contributed by atoms with Gasteiger partial charge in [-0.1, -0.05) is 152 Å². The number of benzene rings is 8. The van der Waals surface area contributed by atoms with E-state index in [9.17, 15) is 0 Å².